The summed E-state index contributed by atoms with van der Waals surface area (Å²) in [6, 6.07) is 7.74. The van der Waals surface area contributed by atoms with Crippen molar-refractivity contribution in [3.8, 4) is 0 Å². The zero-order valence-electron chi connectivity index (χ0n) is 17.4. The Morgan fingerprint density at radius 3 is 2.40 bits per heavy atom. The van der Waals surface area contributed by atoms with Gasteiger partial charge >= 0.3 is 0 Å². The fourth-order valence-corrected chi connectivity index (χ4v) is 8.05. The molecule has 3 bridgehead atoms. The number of benzene rings is 1. The highest BCUT2D eigenvalue weighted by molar-refractivity contribution is 6.04. The maximum Gasteiger partial charge on any atom is 0.293 e. The summed E-state index contributed by atoms with van der Waals surface area (Å²) in [6.45, 7) is 3.71. The molecule has 2 aromatic rings. The van der Waals surface area contributed by atoms with Crippen LogP contribution in [0.15, 0.2) is 30.5 Å². The molecule has 1 saturated heterocycles. The van der Waals surface area contributed by atoms with Crippen LogP contribution in [0, 0.1) is 29.1 Å². The van der Waals surface area contributed by atoms with Crippen molar-refractivity contribution in [2.45, 2.75) is 57.5 Å². The van der Waals surface area contributed by atoms with Crippen LogP contribution in [0.5, 0.6) is 0 Å². The van der Waals surface area contributed by atoms with Crippen molar-refractivity contribution in [3.05, 3.63) is 36.2 Å². The van der Waals surface area contributed by atoms with E-state index in [2.05, 4.69) is 9.97 Å². The summed E-state index contributed by atoms with van der Waals surface area (Å²) >= 11 is 0. The molecule has 1 spiro atoms. The van der Waals surface area contributed by atoms with Gasteiger partial charge in [0.05, 0.1) is 23.3 Å². The summed E-state index contributed by atoms with van der Waals surface area (Å²) in [5.41, 5.74) is 1.54. The molecule has 1 aliphatic heterocycles. The first-order valence-corrected chi connectivity index (χ1v) is 11.3. The van der Waals surface area contributed by atoms with Crippen LogP contribution in [0.4, 0.5) is 0 Å². The van der Waals surface area contributed by atoms with Crippen molar-refractivity contribution in [3.63, 3.8) is 0 Å². The second-order valence-electron chi connectivity index (χ2n) is 10.8. The highest BCUT2D eigenvalue weighted by atomic mass is 16.2. The molecule has 0 N–H and O–H groups in total. The number of para-hydroxylation sites is 2. The Balaban J connectivity index is 1.26. The van der Waals surface area contributed by atoms with Gasteiger partial charge in [-0.15, -0.1) is 0 Å². The van der Waals surface area contributed by atoms with Gasteiger partial charge in [-0.05, 0) is 87.2 Å². The molecule has 4 aliphatic carbocycles. The highest BCUT2D eigenvalue weighted by Gasteiger charge is 2.72. The Kier molecular flexibility index (Phi) is 2.99. The third-order valence-electron chi connectivity index (χ3n) is 9.24. The summed E-state index contributed by atoms with van der Waals surface area (Å²) in [7, 11) is 0. The molecule has 4 unspecified atom stereocenters. The van der Waals surface area contributed by atoms with E-state index < -0.39 is 5.54 Å². The molecule has 7 rings (SSSR count). The molecular formula is C24H26N4O2. The number of fused-ring (bicyclic) bond motifs is 3. The molecule has 1 aromatic heterocycles. The lowest BCUT2D eigenvalue weighted by Gasteiger charge is -2.60. The van der Waals surface area contributed by atoms with Crippen molar-refractivity contribution in [2.24, 2.45) is 29.1 Å². The Hall–Kier alpha value is -2.50. The quantitative estimate of drug-likeness (QED) is 0.772. The number of hydrazine groups is 1. The second-order valence-corrected chi connectivity index (χ2v) is 10.8. The first kappa shape index (κ1) is 17.2. The van der Waals surface area contributed by atoms with Crippen LogP contribution in [-0.4, -0.2) is 43.4 Å². The lowest BCUT2D eigenvalue weighted by Crippen LogP contribution is -2.79. The zero-order chi connectivity index (χ0) is 20.4. The molecular weight excluding hydrogens is 376 g/mol. The van der Waals surface area contributed by atoms with Crippen molar-refractivity contribution in [2.75, 3.05) is 0 Å². The van der Waals surface area contributed by atoms with Gasteiger partial charge in [0.1, 0.15) is 11.2 Å². The van der Waals surface area contributed by atoms with Gasteiger partial charge in [0, 0.05) is 0 Å². The van der Waals surface area contributed by atoms with Crippen molar-refractivity contribution < 1.29 is 9.59 Å². The predicted octanol–water partition coefficient (Wildman–Crippen LogP) is 3.43. The minimum Gasteiger partial charge on any atom is -0.270 e. The average Bonchev–Trinajstić information content (AvgIpc) is 3.12. The van der Waals surface area contributed by atoms with E-state index in [1.165, 1.54) is 32.1 Å². The van der Waals surface area contributed by atoms with Crippen molar-refractivity contribution in [1.82, 2.24) is 20.0 Å². The van der Waals surface area contributed by atoms with Gasteiger partial charge in [0.25, 0.3) is 11.8 Å². The smallest absolute Gasteiger partial charge is 0.270 e. The van der Waals surface area contributed by atoms with Crippen molar-refractivity contribution >= 4 is 22.8 Å². The lowest BCUT2D eigenvalue weighted by atomic mass is 9.56. The summed E-state index contributed by atoms with van der Waals surface area (Å²) in [4.78, 5) is 35.9. The highest BCUT2D eigenvalue weighted by Crippen LogP contribution is 2.76. The third kappa shape index (κ3) is 1.83. The Labute approximate surface area is 175 Å². The van der Waals surface area contributed by atoms with E-state index in [4.69, 9.17) is 0 Å². The molecule has 2 heterocycles. The van der Waals surface area contributed by atoms with Crippen LogP contribution in [-0.2, 0) is 4.79 Å². The van der Waals surface area contributed by atoms with Crippen LogP contribution in [0.1, 0.15) is 56.4 Å². The summed E-state index contributed by atoms with van der Waals surface area (Å²) in [5, 5.41) is 3.54. The van der Waals surface area contributed by atoms with E-state index in [1.54, 1.807) is 11.2 Å². The zero-order valence-corrected chi connectivity index (χ0v) is 17.4. The van der Waals surface area contributed by atoms with Crippen LogP contribution < -0.4 is 0 Å². The maximum atomic E-state index is 13.6. The summed E-state index contributed by atoms with van der Waals surface area (Å²) in [6.07, 6.45) is 7.93. The molecule has 4 atom stereocenters. The van der Waals surface area contributed by atoms with Crippen LogP contribution in [0.25, 0.3) is 11.0 Å². The predicted molar refractivity (Wildman–Crippen MR) is 110 cm³/mol. The lowest BCUT2D eigenvalue weighted by molar-refractivity contribution is -0.218. The summed E-state index contributed by atoms with van der Waals surface area (Å²) in [5.74, 6) is 2.67. The molecule has 2 amide bonds. The van der Waals surface area contributed by atoms with Gasteiger partial charge in [-0.3, -0.25) is 14.6 Å². The van der Waals surface area contributed by atoms with Gasteiger partial charge in [-0.1, -0.05) is 12.1 Å². The molecule has 6 nitrogen and oxygen atoms in total. The Morgan fingerprint density at radius 1 is 1.03 bits per heavy atom. The number of amides is 2. The molecule has 4 saturated carbocycles. The second kappa shape index (κ2) is 5.21. The minimum atomic E-state index is -0.834. The molecule has 1 aromatic carbocycles. The van der Waals surface area contributed by atoms with Crippen LogP contribution in [0.2, 0.25) is 0 Å². The molecule has 6 heteroatoms. The van der Waals surface area contributed by atoms with E-state index in [0.717, 1.165) is 17.4 Å². The molecule has 154 valence electrons. The number of rotatable bonds is 2. The first-order valence-electron chi connectivity index (χ1n) is 11.3. The van der Waals surface area contributed by atoms with Gasteiger partial charge in [-0.2, -0.15) is 0 Å². The fraction of sp³-hybridized carbons (Fsp3) is 0.583. The van der Waals surface area contributed by atoms with E-state index in [-0.39, 0.29) is 17.9 Å². The van der Waals surface area contributed by atoms with Crippen molar-refractivity contribution in [1.29, 1.82) is 0 Å². The van der Waals surface area contributed by atoms with Crippen LogP contribution >= 0.6 is 0 Å². The molecule has 0 radical (unpaired) electrons. The van der Waals surface area contributed by atoms with E-state index >= 15 is 0 Å². The standard InChI is InChI=1S/C24H26N4O2/c1-23(2)22(30)27(20-13-7-15-9-16-8-14(20)11-24(15,16)10-13)28(23)21(29)19-12-25-17-5-3-4-6-18(17)26-19/h3-6,12-16,20H,7-11H2,1-2H3. The Bertz CT molecular complexity index is 1100. The number of aromatic nitrogens is 2. The Morgan fingerprint density at radius 2 is 1.70 bits per heavy atom. The van der Waals surface area contributed by atoms with Gasteiger partial charge < -0.3 is 0 Å². The SMILES string of the molecule is CC1(C)C(=O)N(C2C3CC4CC5CC2CC45C3)N1C(=O)c1cnc2ccccc2n1. The number of hydrogen-bond donors (Lipinski definition) is 0. The number of nitrogens with zero attached hydrogens (tertiary/aromatic N) is 4. The first-order chi connectivity index (χ1) is 14.4. The third-order valence-corrected chi connectivity index (χ3v) is 9.24. The van der Waals surface area contributed by atoms with E-state index in [1.807, 2.05) is 43.1 Å². The van der Waals surface area contributed by atoms with Gasteiger partial charge in [0.15, 0.2) is 0 Å². The number of carbonyl (C=O) groups is 2. The maximum absolute atomic E-state index is 13.6. The van der Waals surface area contributed by atoms with Gasteiger partial charge in [0.2, 0.25) is 0 Å². The topological polar surface area (TPSA) is 66.4 Å². The van der Waals surface area contributed by atoms with Crippen LogP contribution in [0.3, 0.4) is 0 Å². The largest absolute Gasteiger partial charge is 0.293 e. The fourth-order valence-electron chi connectivity index (χ4n) is 8.05. The monoisotopic (exact) mass is 402 g/mol. The minimum absolute atomic E-state index is 0.0783. The number of hydrogen-bond acceptors (Lipinski definition) is 4. The average molecular weight is 402 g/mol. The molecule has 5 fully saturated rings. The molecule has 5 aliphatic rings. The van der Waals surface area contributed by atoms with E-state index in [0.29, 0.717) is 28.5 Å². The number of carbonyl (C=O) groups excluding carboxylic acids is 2. The molecule has 30 heavy (non-hydrogen) atoms. The van der Waals surface area contributed by atoms with E-state index in [9.17, 15) is 9.59 Å². The van der Waals surface area contributed by atoms with Gasteiger partial charge in [-0.25, -0.2) is 15.0 Å². The normalized spacial score (nSPS) is 39.8. The summed E-state index contributed by atoms with van der Waals surface area (Å²) < 4.78 is 0.